The van der Waals surface area contributed by atoms with Crippen LogP contribution in [0.25, 0.3) is 11.0 Å². The van der Waals surface area contributed by atoms with Crippen LogP contribution >= 0.6 is 0 Å². The van der Waals surface area contributed by atoms with Crippen LogP contribution in [0.15, 0.2) is 42.5 Å². The number of benzene rings is 2. The first-order chi connectivity index (χ1) is 10.5. The average Bonchev–Trinajstić information content (AvgIpc) is 2.92. The van der Waals surface area contributed by atoms with Crippen LogP contribution in [-0.2, 0) is 0 Å². The zero-order valence-electron chi connectivity index (χ0n) is 12.2. The third-order valence-corrected chi connectivity index (χ3v) is 3.32. The van der Waals surface area contributed by atoms with Gasteiger partial charge in [0.1, 0.15) is 11.3 Å². The minimum Gasteiger partial charge on any atom is -0.322 e. The smallest absolute Gasteiger partial charge is 0.255 e. The van der Waals surface area contributed by atoms with Crippen LogP contribution in [0.4, 0.5) is 10.1 Å². The Bertz CT molecular complexity index is 824. The Morgan fingerprint density at radius 1 is 1.18 bits per heavy atom. The summed E-state index contributed by atoms with van der Waals surface area (Å²) in [4.78, 5) is 12.2. The van der Waals surface area contributed by atoms with Gasteiger partial charge in [-0.1, -0.05) is 5.21 Å². The number of amides is 1. The largest absolute Gasteiger partial charge is 0.322 e. The normalized spacial score (nSPS) is 11.1. The number of rotatable bonds is 3. The molecule has 0 aliphatic rings. The first kappa shape index (κ1) is 14.2. The first-order valence-corrected chi connectivity index (χ1v) is 6.96. The van der Waals surface area contributed by atoms with Gasteiger partial charge >= 0.3 is 0 Å². The van der Waals surface area contributed by atoms with Crippen LogP contribution in [0, 0.1) is 5.82 Å². The van der Waals surface area contributed by atoms with Crippen LogP contribution in [0.5, 0.6) is 0 Å². The lowest BCUT2D eigenvalue weighted by Crippen LogP contribution is -2.11. The molecule has 1 heterocycles. The monoisotopic (exact) mass is 298 g/mol. The van der Waals surface area contributed by atoms with E-state index in [4.69, 9.17) is 0 Å². The Morgan fingerprint density at radius 2 is 1.91 bits per heavy atom. The van der Waals surface area contributed by atoms with Crippen molar-refractivity contribution in [2.24, 2.45) is 0 Å². The molecular weight excluding hydrogens is 283 g/mol. The van der Waals surface area contributed by atoms with E-state index in [1.165, 1.54) is 24.3 Å². The molecule has 1 N–H and O–H groups in total. The van der Waals surface area contributed by atoms with Crippen molar-refractivity contribution in [3.8, 4) is 0 Å². The van der Waals surface area contributed by atoms with Crippen molar-refractivity contribution >= 4 is 22.6 Å². The fourth-order valence-corrected chi connectivity index (χ4v) is 2.20. The summed E-state index contributed by atoms with van der Waals surface area (Å²) in [6, 6.07) is 11.1. The summed E-state index contributed by atoms with van der Waals surface area (Å²) in [5.41, 5.74) is 2.57. The predicted molar refractivity (Wildman–Crippen MR) is 82.3 cm³/mol. The number of fused-ring (bicyclic) bond motifs is 1. The van der Waals surface area contributed by atoms with Gasteiger partial charge in [-0.15, -0.1) is 5.10 Å². The molecule has 22 heavy (non-hydrogen) atoms. The van der Waals surface area contributed by atoms with Crippen LogP contribution in [0.2, 0.25) is 0 Å². The summed E-state index contributed by atoms with van der Waals surface area (Å²) in [6.45, 7) is 4.03. The molecule has 3 rings (SSSR count). The van der Waals surface area contributed by atoms with Gasteiger partial charge in [-0.25, -0.2) is 9.07 Å². The minimum atomic E-state index is -0.343. The fraction of sp³-hybridized carbons (Fsp3) is 0.188. The van der Waals surface area contributed by atoms with Crippen molar-refractivity contribution in [1.82, 2.24) is 15.0 Å². The number of hydrogen-bond acceptors (Lipinski definition) is 3. The molecule has 0 bridgehead atoms. The number of carbonyl (C=O) groups excluding carboxylic acids is 1. The molecule has 0 saturated carbocycles. The van der Waals surface area contributed by atoms with E-state index in [9.17, 15) is 9.18 Å². The number of nitrogens with zero attached hydrogens (tertiary/aromatic N) is 3. The highest BCUT2D eigenvalue weighted by atomic mass is 19.1. The van der Waals surface area contributed by atoms with Gasteiger partial charge in [-0.2, -0.15) is 0 Å². The van der Waals surface area contributed by atoms with Gasteiger partial charge in [-0.3, -0.25) is 4.79 Å². The van der Waals surface area contributed by atoms with Crippen molar-refractivity contribution in [2.75, 3.05) is 5.32 Å². The van der Waals surface area contributed by atoms with Crippen LogP contribution in [0.3, 0.4) is 0 Å². The number of anilines is 1. The summed E-state index contributed by atoms with van der Waals surface area (Å²) in [6.07, 6.45) is 0. The van der Waals surface area contributed by atoms with E-state index in [2.05, 4.69) is 15.6 Å². The van der Waals surface area contributed by atoms with Crippen LogP contribution < -0.4 is 5.32 Å². The molecule has 0 aliphatic carbocycles. The van der Waals surface area contributed by atoms with Crippen LogP contribution in [0.1, 0.15) is 30.2 Å². The highest BCUT2D eigenvalue weighted by molar-refractivity contribution is 6.05. The second-order valence-electron chi connectivity index (χ2n) is 5.29. The SMILES string of the molecule is CC(C)n1nnc2cc(C(=O)Nc3ccc(F)cc3)ccc21. The van der Waals surface area contributed by atoms with Crippen molar-refractivity contribution in [3.05, 3.63) is 53.8 Å². The van der Waals surface area contributed by atoms with Gasteiger partial charge in [0.25, 0.3) is 5.91 Å². The van der Waals surface area contributed by atoms with E-state index < -0.39 is 0 Å². The molecule has 0 fully saturated rings. The van der Waals surface area contributed by atoms with E-state index in [1.807, 2.05) is 19.9 Å². The zero-order valence-corrected chi connectivity index (χ0v) is 12.2. The average molecular weight is 298 g/mol. The van der Waals surface area contributed by atoms with Crippen molar-refractivity contribution in [3.63, 3.8) is 0 Å². The molecule has 0 unspecified atom stereocenters. The molecule has 1 aromatic heterocycles. The highest BCUT2D eigenvalue weighted by Gasteiger charge is 2.11. The van der Waals surface area contributed by atoms with E-state index in [1.54, 1.807) is 16.8 Å². The molecular formula is C16H15FN4O. The zero-order chi connectivity index (χ0) is 15.7. The molecule has 0 aliphatic heterocycles. The van der Waals surface area contributed by atoms with Crippen molar-refractivity contribution < 1.29 is 9.18 Å². The maximum atomic E-state index is 12.9. The summed E-state index contributed by atoms with van der Waals surface area (Å²) >= 11 is 0. The standard InChI is InChI=1S/C16H15FN4O/c1-10(2)21-15-8-3-11(9-14(15)19-20-21)16(22)18-13-6-4-12(17)5-7-13/h3-10H,1-2H3,(H,18,22). The molecule has 0 radical (unpaired) electrons. The van der Waals surface area contributed by atoms with Gasteiger partial charge in [0.15, 0.2) is 0 Å². The van der Waals surface area contributed by atoms with Gasteiger partial charge in [0.05, 0.1) is 5.52 Å². The van der Waals surface area contributed by atoms with Gasteiger partial charge < -0.3 is 5.32 Å². The number of hydrogen-bond donors (Lipinski definition) is 1. The molecule has 0 saturated heterocycles. The lowest BCUT2D eigenvalue weighted by Gasteiger charge is -2.07. The maximum absolute atomic E-state index is 12.9. The fourth-order valence-electron chi connectivity index (χ4n) is 2.20. The molecule has 5 nitrogen and oxygen atoms in total. The van der Waals surface area contributed by atoms with E-state index in [-0.39, 0.29) is 17.8 Å². The van der Waals surface area contributed by atoms with Crippen molar-refractivity contribution in [2.45, 2.75) is 19.9 Å². The molecule has 2 aromatic carbocycles. The van der Waals surface area contributed by atoms with Gasteiger partial charge in [-0.05, 0) is 56.3 Å². The summed E-state index contributed by atoms with van der Waals surface area (Å²) < 4.78 is 14.7. The third-order valence-electron chi connectivity index (χ3n) is 3.32. The van der Waals surface area contributed by atoms with E-state index >= 15 is 0 Å². The van der Waals surface area contributed by atoms with E-state index in [0.717, 1.165) is 5.52 Å². The molecule has 3 aromatic rings. The number of carbonyl (C=O) groups is 1. The third kappa shape index (κ3) is 2.67. The molecule has 0 atom stereocenters. The number of halogens is 1. The number of nitrogens with one attached hydrogen (secondary N) is 1. The Morgan fingerprint density at radius 3 is 2.59 bits per heavy atom. The molecule has 6 heteroatoms. The Kier molecular flexibility index (Phi) is 3.58. The van der Waals surface area contributed by atoms with Gasteiger partial charge in [0, 0.05) is 17.3 Å². The quantitative estimate of drug-likeness (QED) is 0.806. The lowest BCUT2D eigenvalue weighted by atomic mass is 10.1. The lowest BCUT2D eigenvalue weighted by molar-refractivity contribution is 0.102. The van der Waals surface area contributed by atoms with E-state index in [0.29, 0.717) is 16.8 Å². The first-order valence-electron chi connectivity index (χ1n) is 6.96. The minimum absolute atomic E-state index is 0.198. The molecule has 112 valence electrons. The Labute approximate surface area is 126 Å². The second-order valence-corrected chi connectivity index (χ2v) is 5.29. The summed E-state index contributed by atoms with van der Waals surface area (Å²) in [5, 5.41) is 10.9. The summed E-state index contributed by atoms with van der Waals surface area (Å²) in [7, 11) is 0. The van der Waals surface area contributed by atoms with Crippen molar-refractivity contribution in [1.29, 1.82) is 0 Å². The predicted octanol–water partition coefficient (Wildman–Crippen LogP) is 3.40. The van der Waals surface area contributed by atoms with Gasteiger partial charge in [0.2, 0.25) is 0 Å². The summed E-state index contributed by atoms with van der Waals surface area (Å²) in [5.74, 6) is -0.614. The second kappa shape index (κ2) is 5.55. The Hall–Kier alpha value is -2.76. The topological polar surface area (TPSA) is 59.8 Å². The van der Waals surface area contributed by atoms with Crippen LogP contribution in [-0.4, -0.2) is 20.9 Å². The number of aromatic nitrogens is 3. The maximum Gasteiger partial charge on any atom is 0.255 e. The Balaban J connectivity index is 1.86. The highest BCUT2D eigenvalue weighted by Crippen LogP contribution is 2.18. The molecule has 1 amide bonds. The molecule has 0 spiro atoms.